The predicted octanol–water partition coefficient (Wildman–Crippen LogP) is 1.67. The van der Waals surface area contributed by atoms with Crippen LogP contribution in [0.3, 0.4) is 0 Å². The van der Waals surface area contributed by atoms with Gasteiger partial charge in [-0.2, -0.15) is 0 Å². The van der Waals surface area contributed by atoms with Crippen LogP contribution in [-0.4, -0.2) is 39.0 Å². The molecule has 0 amide bonds. The molecule has 2 aromatic heterocycles. The van der Waals surface area contributed by atoms with Gasteiger partial charge in [0, 0.05) is 6.54 Å². The van der Waals surface area contributed by atoms with Crippen molar-refractivity contribution in [2.24, 2.45) is 5.41 Å². The lowest BCUT2D eigenvalue weighted by Crippen LogP contribution is -2.34. The van der Waals surface area contributed by atoms with Gasteiger partial charge in [0.25, 0.3) is 5.56 Å². The van der Waals surface area contributed by atoms with Gasteiger partial charge in [-0.05, 0) is 30.8 Å². The van der Waals surface area contributed by atoms with Crippen LogP contribution in [0, 0.1) is 5.41 Å². The number of carbonyl (C=O) groups is 1. The monoisotopic (exact) mass is 307 g/mol. The topological polar surface area (TPSA) is 86.3 Å². The number of nitrogens with one attached hydrogen (secondary N) is 1. The second kappa shape index (κ2) is 5.23. The molecule has 0 bridgehead atoms. The average molecular weight is 307 g/mol. The van der Waals surface area contributed by atoms with Gasteiger partial charge in [-0.15, -0.1) is 11.3 Å². The number of aromatic nitrogens is 2. The zero-order valence-corrected chi connectivity index (χ0v) is 12.6. The molecule has 1 saturated heterocycles. The fraction of sp³-hybridized carbons (Fsp3) is 0.500. The Morgan fingerprint density at radius 3 is 3.10 bits per heavy atom. The molecule has 2 aromatic rings. The van der Waals surface area contributed by atoms with Crippen molar-refractivity contribution in [3.8, 4) is 0 Å². The first-order valence-electron chi connectivity index (χ1n) is 6.96. The van der Waals surface area contributed by atoms with E-state index in [1.807, 2.05) is 23.3 Å². The highest BCUT2D eigenvalue weighted by atomic mass is 32.1. The van der Waals surface area contributed by atoms with Crippen LogP contribution in [0.1, 0.15) is 25.6 Å². The molecule has 0 radical (unpaired) electrons. The summed E-state index contributed by atoms with van der Waals surface area (Å²) in [6, 6.07) is 1.83. The van der Waals surface area contributed by atoms with Gasteiger partial charge in [0.2, 0.25) is 0 Å². The Hall–Kier alpha value is -1.73. The zero-order chi connectivity index (χ0) is 15.0. The first kappa shape index (κ1) is 14.2. The van der Waals surface area contributed by atoms with Crippen LogP contribution in [0.2, 0.25) is 0 Å². The van der Waals surface area contributed by atoms with E-state index in [-0.39, 0.29) is 5.56 Å². The number of hydrogen-bond acceptors (Lipinski definition) is 5. The fourth-order valence-corrected chi connectivity index (χ4v) is 3.64. The highest BCUT2D eigenvalue weighted by Gasteiger charge is 2.43. The quantitative estimate of drug-likeness (QED) is 0.897. The van der Waals surface area contributed by atoms with Gasteiger partial charge in [0.05, 0.1) is 17.5 Å². The number of carboxylic acids is 1. The maximum absolute atomic E-state index is 11.9. The summed E-state index contributed by atoms with van der Waals surface area (Å²) in [5, 5.41) is 11.3. The van der Waals surface area contributed by atoms with E-state index in [2.05, 4.69) is 9.97 Å². The van der Waals surface area contributed by atoms with E-state index in [9.17, 15) is 14.7 Å². The van der Waals surface area contributed by atoms with Gasteiger partial charge in [-0.1, -0.05) is 6.92 Å². The van der Waals surface area contributed by atoms with Gasteiger partial charge in [-0.3, -0.25) is 14.5 Å². The van der Waals surface area contributed by atoms with Crippen molar-refractivity contribution in [3.63, 3.8) is 0 Å². The molecule has 7 heteroatoms. The fourth-order valence-electron chi connectivity index (χ4n) is 2.92. The molecule has 6 nitrogen and oxygen atoms in total. The van der Waals surface area contributed by atoms with Crippen LogP contribution >= 0.6 is 11.3 Å². The molecule has 1 fully saturated rings. The highest BCUT2D eigenvalue weighted by Crippen LogP contribution is 2.34. The largest absolute Gasteiger partial charge is 0.481 e. The normalized spacial score (nSPS) is 22.9. The summed E-state index contributed by atoms with van der Waals surface area (Å²) in [5.74, 6) is -0.134. The number of H-pyrrole nitrogens is 1. The Balaban J connectivity index is 1.80. The molecule has 21 heavy (non-hydrogen) atoms. The molecule has 0 spiro atoms. The van der Waals surface area contributed by atoms with E-state index >= 15 is 0 Å². The molecule has 0 aliphatic carbocycles. The van der Waals surface area contributed by atoms with E-state index in [0.29, 0.717) is 48.5 Å². The SMILES string of the molecule is CCC1(C(=O)O)CCN(Cc2nc3ccsc3c(=O)[nH]2)C1. The number of likely N-dealkylation sites (tertiary alicyclic amines) is 1. The van der Waals surface area contributed by atoms with Gasteiger partial charge in [0.15, 0.2) is 0 Å². The number of hydrogen-bond donors (Lipinski definition) is 2. The van der Waals surface area contributed by atoms with Crippen LogP contribution in [0.4, 0.5) is 0 Å². The third-order valence-electron chi connectivity index (χ3n) is 4.30. The molecule has 1 unspecified atom stereocenters. The summed E-state index contributed by atoms with van der Waals surface area (Å²) < 4.78 is 0.633. The Morgan fingerprint density at radius 2 is 2.43 bits per heavy atom. The molecule has 2 N–H and O–H groups in total. The zero-order valence-electron chi connectivity index (χ0n) is 11.8. The summed E-state index contributed by atoms with van der Waals surface area (Å²) >= 11 is 1.38. The van der Waals surface area contributed by atoms with E-state index in [1.54, 1.807) is 0 Å². The van der Waals surface area contributed by atoms with Crippen molar-refractivity contribution in [2.75, 3.05) is 13.1 Å². The number of thiophene rings is 1. The minimum Gasteiger partial charge on any atom is -0.481 e. The molecule has 1 atom stereocenters. The number of carboxylic acid groups (broad SMARTS) is 1. The maximum atomic E-state index is 11.9. The van der Waals surface area contributed by atoms with Gasteiger partial charge >= 0.3 is 5.97 Å². The smallest absolute Gasteiger partial charge is 0.310 e. The Bertz CT molecular complexity index is 738. The molecular formula is C14H17N3O3S. The Morgan fingerprint density at radius 1 is 1.62 bits per heavy atom. The minimum atomic E-state index is -0.734. The second-order valence-corrected chi connectivity index (χ2v) is 6.46. The first-order chi connectivity index (χ1) is 10.0. The van der Waals surface area contributed by atoms with Crippen LogP contribution in [-0.2, 0) is 11.3 Å². The standard InChI is InChI=1S/C14H17N3O3S/c1-2-14(13(19)20)4-5-17(8-14)7-10-15-9-3-6-21-11(9)12(18)16-10/h3,6H,2,4-5,7-8H2,1H3,(H,19,20)(H,15,16,18). The van der Waals surface area contributed by atoms with Gasteiger partial charge in [-0.25, -0.2) is 4.98 Å². The lowest BCUT2D eigenvalue weighted by Gasteiger charge is -2.22. The van der Waals surface area contributed by atoms with Crippen LogP contribution < -0.4 is 5.56 Å². The van der Waals surface area contributed by atoms with Crippen LogP contribution in [0.5, 0.6) is 0 Å². The molecule has 3 rings (SSSR count). The maximum Gasteiger partial charge on any atom is 0.310 e. The van der Waals surface area contributed by atoms with Gasteiger partial charge in [0.1, 0.15) is 10.5 Å². The summed E-state index contributed by atoms with van der Waals surface area (Å²) in [4.78, 5) is 32.7. The third kappa shape index (κ3) is 2.47. The molecular weight excluding hydrogens is 290 g/mol. The molecule has 0 saturated carbocycles. The van der Waals surface area contributed by atoms with Crippen molar-refractivity contribution in [2.45, 2.75) is 26.3 Å². The van der Waals surface area contributed by atoms with Crippen molar-refractivity contribution < 1.29 is 9.90 Å². The molecule has 112 valence electrons. The molecule has 1 aliphatic rings. The lowest BCUT2D eigenvalue weighted by atomic mass is 9.84. The summed E-state index contributed by atoms with van der Waals surface area (Å²) in [6.45, 7) is 3.61. The van der Waals surface area contributed by atoms with Crippen molar-refractivity contribution in [1.29, 1.82) is 0 Å². The molecule has 3 heterocycles. The van der Waals surface area contributed by atoms with E-state index < -0.39 is 11.4 Å². The summed E-state index contributed by atoms with van der Waals surface area (Å²) in [6.07, 6.45) is 1.26. The van der Waals surface area contributed by atoms with Crippen molar-refractivity contribution in [3.05, 3.63) is 27.6 Å². The summed E-state index contributed by atoms with van der Waals surface area (Å²) in [5.41, 5.74) is -0.0746. The lowest BCUT2D eigenvalue weighted by molar-refractivity contribution is -0.148. The molecule has 1 aliphatic heterocycles. The minimum absolute atomic E-state index is 0.121. The van der Waals surface area contributed by atoms with Crippen LogP contribution in [0.15, 0.2) is 16.2 Å². The second-order valence-electron chi connectivity index (χ2n) is 5.55. The van der Waals surface area contributed by atoms with Gasteiger partial charge < -0.3 is 10.1 Å². The number of aliphatic carboxylic acids is 1. The number of rotatable bonds is 4. The predicted molar refractivity (Wildman–Crippen MR) is 80.5 cm³/mol. The number of aromatic amines is 1. The molecule has 0 aromatic carbocycles. The van der Waals surface area contributed by atoms with Crippen LogP contribution in [0.25, 0.3) is 10.2 Å². The van der Waals surface area contributed by atoms with E-state index in [4.69, 9.17) is 0 Å². The third-order valence-corrected chi connectivity index (χ3v) is 5.20. The highest BCUT2D eigenvalue weighted by molar-refractivity contribution is 7.17. The number of fused-ring (bicyclic) bond motifs is 1. The van der Waals surface area contributed by atoms with Crippen molar-refractivity contribution >= 4 is 27.5 Å². The first-order valence-corrected chi connectivity index (χ1v) is 7.84. The average Bonchev–Trinajstić information content (AvgIpc) is 3.06. The Labute approximate surface area is 125 Å². The van der Waals surface area contributed by atoms with E-state index in [0.717, 1.165) is 0 Å². The van der Waals surface area contributed by atoms with Crippen molar-refractivity contribution in [1.82, 2.24) is 14.9 Å². The van der Waals surface area contributed by atoms with E-state index in [1.165, 1.54) is 11.3 Å². The Kier molecular flexibility index (Phi) is 3.54. The summed E-state index contributed by atoms with van der Waals surface area (Å²) in [7, 11) is 0. The number of nitrogens with zero attached hydrogens (tertiary/aromatic N) is 2.